The van der Waals surface area contributed by atoms with E-state index in [4.69, 9.17) is 4.74 Å². The molecule has 0 saturated heterocycles. The summed E-state index contributed by atoms with van der Waals surface area (Å²) >= 11 is 2.23. The minimum absolute atomic E-state index is 0.0400. The number of halogens is 2. The summed E-state index contributed by atoms with van der Waals surface area (Å²) in [5.41, 5.74) is 0.201. The van der Waals surface area contributed by atoms with Crippen molar-refractivity contribution >= 4 is 50.0 Å². The number of nitrogens with zero attached hydrogens (tertiary/aromatic N) is 2. The van der Waals surface area contributed by atoms with Gasteiger partial charge >= 0.3 is 5.97 Å². The van der Waals surface area contributed by atoms with Crippen molar-refractivity contribution in [3.8, 4) is 11.1 Å². The number of aromatic nitrogens is 2. The molecule has 170 valence electrons. The molecule has 10 heteroatoms. The first-order chi connectivity index (χ1) is 15.5. The predicted molar refractivity (Wildman–Crippen MR) is 125 cm³/mol. The van der Waals surface area contributed by atoms with Crippen molar-refractivity contribution in [1.29, 1.82) is 0 Å². The highest BCUT2D eigenvalue weighted by Gasteiger charge is 2.28. The number of hydrogen-bond acceptors (Lipinski definition) is 7. The molecule has 0 unspecified atom stereocenters. The van der Waals surface area contributed by atoms with Crippen molar-refractivity contribution < 1.29 is 23.1 Å². The number of amides is 1. The molecule has 1 amide bonds. The molecule has 0 atom stereocenters. The SMILES string of the molecule is Cc1ccc(-c2csc(NC(=O)c3ccc4snnc4c3)c2C(=O)OC(C)(C)C)c(F)c1F. The number of anilines is 1. The summed E-state index contributed by atoms with van der Waals surface area (Å²) in [6.07, 6.45) is 0. The molecule has 33 heavy (non-hydrogen) atoms. The van der Waals surface area contributed by atoms with Gasteiger partial charge in [-0.3, -0.25) is 4.79 Å². The lowest BCUT2D eigenvalue weighted by molar-refractivity contribution is 0.00721. The summed E-state index contributed by atoms with van der Waals surface area (Å²) in [5, 5.41) is 8.33. The van der Waals surface area contributed by atoms with E-state index in [1.54, 1.807) is 39.0 Å². The minimum atomic E-state index is -1.07. The van der Waals surface area contributed by atoms with Crippen LogP contribution in [0, 0.1) is 18.6 Å². The zero-order chi connectivity index (χ0) is 23.9. The van der Waals surface area contributed by atoms with Crippen LogP contribution in [0.3, 0.4) is 0 Å². The molecule has 0 radical (unpaired) electrons. The van der Waals surface area contributed by atoms with Crippen molar-refractivity contribution in [2.75, 3.05) is 5.32 Å². The minimum Gasteiger partial charge on any atom is -0.456 e. The van der Waals surface area contributed by atoms with E-state index in [-0.39, 0.29) is 27.3 Å². The van der Waals surface area contributed by atoms with Crippen LogP contribution in [0.4, 0.5) is 13.8 Å². The van der Waals surface area contributed by atoms with Crippen molar-refractivity contribution in [3.05, 3.63) is 64.0 Å². The van der Waals surface area contributed by atoms with Gasteiger partial charge in [-0.25, -0.2) is 13.6 Å². The molecule has 4 aromatic rings. The van der Waals surface area contributed by atoms with Gasteiger partial charge in [-0.1, -0.05) is 16.6 Å². The highest BCUT2D eigenvalue weighted by molar-refractivity contribution is 7.15. The zero-order valence-corrected chi connectivity index (χ0v) is 19.8. The third-order valence-corrected chi connectivity index (χ3v) is 6.30. The lowest BCUT2D eigenvalue weighted by Gasteiger charge is -2.20. The third-order valence-electron chi connectivity index (χ3n) is 4.70. The maximum atomic E-state index is 14.8. The summed E-state index contributed by atoms with van der Waals surface area (Å²) in [6, 6.07) is 7.77. The lowest BCUT2D eigenvalue weighted by Crippen LogP contribution is -2.25. The maximum Gasteiger partial charge on any atom is 0.342 e. The number of rotatable bonds is 4. The van der Waals surface area contributed by atoms with Gasteiger partial charge in [0.15, 0.2) is 11.6 Å². The van der Waals surface area contributed by atoms with E-state index in [0.717, 1.165) is 16.0 Å². The number of esters is 1. The highest BCUT2D eigenvalue weighted by Crippen LogP contribution is 2.39. The Morgan fingerprint density at radius 1 is 1.06 bits per heavy atom. The average Bonchev–Trinajstić information content (AvgIpc) is 3.37. The first-order valence-corrected chi connectivity index (χ1v) is 11.5. The molecule has 0 aliphatic heterocycles. The Balaban J connectivity index is 1.77. The first kappa shape index (κ1) is 22.9. The highest BCUT2D eigenvalue weighted by atomic mass is 32.1. The summed E-state index contributed by atoms with van der Waals surface area (Å²) < 4.78 is 39.2. The number of nitrogens with one attached hydrogen (secondary N) is 1. The zero-order valence-electron chi connectivity index (χ0n) is 18.2. The lowest BCUT2D eigenvalue weighted by atomic mass is 10.0. The molecular weight excluding hydrogens is 468 g/mol. The monoisotopic (exact) mass is 487 g/mol. The van der Waals surface area contributed by atoms with E-state index in [1.165, 1.54) is 36.0 Å². The van der Waals surface area contributed by atoms with Crippen LogP contribution >= 0.6 is 22.9 Å². The number of benzene rings is 2. The second kappa shape index (κ2) is 8.60. The fraction of sp³-hybridized carbons (Fsp3) is 0.217. The molecule has 0 aliphatic carbocycles. The summed E-state index contributed by atoms with van der Waals surface area (Å²) in [5.74, 6) is -3.31. The molecule has 0 fully saturated rings. The van der Waals surface area contributed by atoms with Crippen molar-refractivity contribution in [1.82, 2.24) is 9.59 Å². The van der Waals surface area contributed by atoms with Gasteiger partial charge in [-0.15, -0.1) is 16.4 Å². The molecule has 2 aromatic heterocycles. The van der Waals surface area contributed by atoms with E-state index >= 15 is 0 Å². The van der Waals surface area contributed by atoms with Crippen LogP contribution in [0.5, 0.6) is 0 Å². The third kappa shape index (κ3) is 4.62. The van der Waals surface area contributed by atoms with Crippen LogP contribution < -0.4 is 5.32 Å². The molecule has 6 nitrogen and oxygen atoms in total. The molecule has 1 N–H and O–H groups in total. The van der Waals surface area contributed by atoms with Crippen LogP contribution in [-0.2, 0) is 4.74 Å². The normalized spacial score (nSPS) is 11.6. The Bertz CT molecular complexity index is 1390. The fourth-order valence-corrected chi connectivity index (χ4v) is 4.61. The van der Waals surface area contributed by atoms with E-state index < -0.39 is 29.1 Å². The van der Waals surface area contributed by atoms with Crippen LogP contribution in [0.2, 0.25) is 0 Å². The topological polar surface area (TPSA) is 81.2 Å². The summed E-state index contributed by atoms with van der Waals surface area (Å²) in [6.45, 7) is 6.53. The number of hydrogen-bond donors (Lipinski definition) is 1. The number of thiophene rings is 1. The number of carbonyl (C=O) groups is 2. The molecule has 2 heterocycles. The van der Waals surface area contributed by atoms with Crippen molar-refractivity contribution in [3.63, 3.8) is 0 Å². The van der Waals surface area contributed by atoms with Gasteiger partial charge in [0.05, 0.1) is 4.70 Å². The molecule has 0 aliphatic rings. The van der Waals surface area contributed by atoms with Gasteiger partial charge < -0.3 is 10.1 Å². The van der Waals surface area contributed by atoms with Crippen molar-refractivity contribution in [2.24, 2.45) is 0 Å². The average molecular weight is 488 g/mol. The standard InChI is InChI=1S/C23H19F2N3O3S2/c1-11-5-7-13(19(25)18(11)24)14-10-32-21(17(14)22(30)31-23(2,3)4)26-20(29)12-6-8-16-15(9-12)27-28-33-16/h5-10H,1-4H3,(H,26,29). The molecule has 0 bridgehead atoms. The first-order valence-electron chi connectivity index (χ1n) is 9.88. The van der Waals surface area contributed by atoms with Gasteiger partial charge in [-0.05, 0) is 63.0 Å². The number of carbonyl (C=O) groups excluding carboxylic acids is 2. The van der Waals surface area contributed by atoms with Crippen LogP contribution in [0.1, 0.15) is 47.1 Å². The predicted octanol–water partition coefficient (Wildman–Crippen LogP) is 6.21. The molecule has 4 rings (SSSR count). The second-order valence-corrected chi connectivity index (χ2v) is 9.99. The van der Waals surface area contributed by atoms with E-state index in [2.05, 4.69) is 14.9 Å². The largest absolute Gasteiger partial charge is 0.456 e. The number of aryl methyl sites for hydroxylation is 1. The van der Waals surface area contributed by atoms with Gasteiger partial charge in [0.2, 0.25) is 0 Å². The Hall–Kier alpha value is -3.24. The van der Waals surface area contributed by atoms with Crippen LogP contribution in [-0.4, -0.2) is 27.1 Å². The number of fused-ring (bicyclic) bond motifs is 1. The summed E-state index contributed by atoms with van der Waals surface area (Å²) in [7, 11) is 0. The Labute approximate surface area is 196 Å². The smallest absolute Gasteiger partial charge is 0.342 e. The maximum absolute atomic E-state index is 14.8. The van der Waals surface area contributed by atoms with Gasteiger partial charge in [0, 0.05) is 22.1 Å². The van der Waals surface area contributed by atoms with E-state index in [9.17, 15) is 18.4 Å². The molecule has 0 saturated carbocycles. The molecule has 0 spiro atoms. The number of ether oxygens (including phenoxy) is 1. The van der Waals surface area contributed by atoms with Gasteiger partial charge in [-0.2, -0.15) is 0 Å². The fourth-order valence-electron chi connectivity index (χ4n) is 3.13. The Kier molecular flexibility index (Phi) is 5.98. The second-order valence-electron chi connectivity index (χ2n) is 8.32. The Morgan fingerprint density at radius 2 is 1.82 bits per heavy atom. The van der Waals surface area contributed by atoms with Crippen LogP contribution in [0.25, 0.3) is 21.3 Å². The van der Waals surface area contributed by atoms with Gasteiger partial charge in [0.1, 0.15) is 21.7 Å². The summed E-state index contributed by atoms with van der Waals surface area (Å²) in [4.78, 5) is 26.0. The van der Waals surface area contributed by atoms with E-state index in [1.807, 2.05) is 0 Å². The quantitative estimate of drug-likeness (QED) is 0.346. The van der Waals surface area contributed by atoms with Gasteiger partial charge in [0.25, 0.3) is 5.91 Å². The van der Waals surface area contributed by atoms with Crippen molar-refractivity contribution in [2.45, 2.75) is 33.3 Å². The Morgan fingerprint density at radius 3 is 2.55 bits per heavy atom. The molecule has 2 aromatic carbocycles. The molecular formula is C23H19F2N3O3S2. The van der Waals surface area contributed by atoms with E-state index in [0.29, 0.717) is 11.1 Å². The van der Waals surface area contributed by atoms with Crippen LogP contribution in [0.15, 0.2) is 35.7 Å².